The largest absolute Gasteiger partial charge is 0.506 e. The summed E-state index contributed by atoms with van der Waals surface area (Å²) in [4.78, 5) is 10.8. The smallest absolute Gasteiger partial charge is 0.377 e. The van der Waals surface area contributed by atoms with E-state index in [0.717, 1.165) is 0 Å². The molecule has 1 aliphatic rings. The third-order valence-corrected chi connectivity index (χ3v) is 1.84. The number of hydrogen-bond donors (Lipinski definition) is 5. The van der Waals surface area contributed by atoms with Gasteiger partial charge in [0, 0.05) is 0 Å². The van der Waals surface area contributed by atoms with Crippen molar-refractivity contribution in [2.24, 2.45) is 0 Å². The van der Waals surface area contributed by atoms with Crippen LogP contribution in [0.5, 0.6) is 0 Å². The van der Waals surface area contributed by atoms with Crippen molar-refractivity contribution in [1.29, 1.82) is 0 Å². The molecule has 14 heavy (non-hydrogen) atoms. The van der Waals surface area contributed by atoms with Crippen LogP contribution in [0.3, 0.4) is 0 Å². The predicted molar refractivity (Wildman–Crippen MR) is 41.3 cm³/mol. The Morgan fingerprint density at radius 2 is 2.00 bits per heavy atom. The highest BCUT2D eigenvalue weighted by Crippen LogP contribution is 2.20. The lowest BCUT2D eigenvalue weighted by Crippen LogP contribution is -2.47. The highest BCUT2D eigenvalue weighted by atomic mass is 16.6. The lowest BCUT2D eigenvalue weighted by Gasteiger charge is -2.29. The second-order valence-electron chi connectivity index (χ2n) is 2.80. The van der Waals surface area contributed by atoms with Crippen LogP contribution in [0.4, 0.5) is 0 Å². The molecule has 1 rings (SSSR count). The standard InChI is InChI=1S/C7H10O7/c8-1-2(9)6-4(11)3(10)5(12)7(13)14-6/h2,4,6,8-12H,1H2. The van der Waals surface area contributed by atoms with E-state index >= 15 is 0 Å². The van der Waals surface area contributed by atoms with Crippen LogP contribution in [-0.4, -0.2) is 56.4 Å². The predicted octanol–water partition coefficient (Wildman–Crippen LogP) is -2.05. The van der Waals surface area contributed by atoms with Crippen LogP contribution >= 0.6 is 0 Å². The Kier molecular flexibility index (Phi) is 2.94. The second kappa shape index (κ2) is 3.82. The zero-order chi connectivity index (χ0) is 10.9. The van der Waals surface area contributed by atoms with Gasteiger partial charge in [-0.3, -0.25) is 0 Å². The summed E-state index contributed by atoms with van der Waals surface area (Å²) >= 11 is 0. The van der Waals surface area contributed by atoms with Gasteiger partial charge in [-0.2, -0.15) is 0 Å². The van der Waals surface area contributed by atoms with E-state index in [9.17, 15) is 9.90 Å². The van der Waals surface area contributed by atoms with Gasteiger partial charge >= 0.3 is 5.97 Å². The molecule has 0 spiro atoms. The first-order valence-electron chi connectivity index (χ1n) is 3.79. The molecular formula is C7H10O7. The maximum atomic E-state index is 10.8. The van der Waals surface area contributed by atoms with Gasteiger partial charge in [-0.1, -0.05) is 0 Å². The Morgan fingerprint density at radius 3 is 2.50 bits per heavy atom. The Balaban J connectivity index is 2.91. The van der Waals surface area contributed by atoms with Crippen LogP contribution in [0.15, 0.2) is 11.5 Å². The summed E-state index contributed by atoms with van der Waals surface area (Å²) < 4.78 is 4.37. The van der Waals surface area contributed by atoms with Crippen LogP contribution in [0.2, 0.25) is 0 Å². The maximum Gasteiger partial charge on any atom is 0.377 e. The number of rotatable bonds is 2. The molecule has 7 heteroatoms. The number of cyclic esters (lactones) is 1. The van der Waals surface area contributed by atoms with E-state index in [2.05, 4.69) is 4.74 Å². The van der Waals surface area contributed by atoms with E-state index in [-0.39, 0.29) is 0 Å². The quantitative estimate of drug-likeness (QED) is 0.329. The minimum Gasteiger partial charge on any atom is -0.506 e. The summed E-state index contributed by atoms with van der Waals surface area (Å²) in [6.45, 7) is -0.747. The molecule has 0 bridgehead atoms. The molecule has 0 radical (unpaired) electrons. The average Bonchev–Trinajstić information content (AvgIpc) is 2.19. The first-order chi connectivity index (χ1) is 6.49. The highest BCUT2D eigenvalue weighted by molar-refractivity contribution is 5.87. The number of esters is 1. The number of aliphatic hydroxyl groups excluding tert-OH is 5. The van der Waals surface area contributed by atoms with Crippen LogP contribution in [-0.2, 0) is 9.53 Å². The number of hydrogen-bond acceptors (Lipinski definition) is 7. The summed E-state index contributed by atoms with van der Waals surface area (Å²) in [5.41, 5.74) is 0. The summed E-state index contributed by atoms with van der Waals surface area (Å²) in [5.74, 6) is -3.33. The Bertz CT molecular complexity index is 271. The first-order valence-corrected chi connectivity index (χ1v) is 3.79. The van der Waals surface area contributed by atoms with Crippen molar-refractivity contribution in [3.8, 4) is 0 Å². The Labute approximate surface area is 78.5 Å². The van der Waals surface area contributed by atoms with Gasteiger partial charge in [0.15, 0.2) is 18.0 Å². The molecular weight excluding hydrogens is 196 g/mol. The summed E-state index contributed by atoms with van der Waals surface area (Å²) in [5, 5.41) is 44.7. The molecule has 5 N–H and O–H groups in total. The van der Waals surface area contributed by atoms with Crippen LogP contribution in [0.1, 0.15) is 0 Å². The topological polar surface area (TPSA) is 127 Å². The summed E-state index contributed by atoms with van der Waals surface area (Å²) in [7, 11) is 0. The van der Waals surface area contributed by atoms with E-state index < -0.39 is 42.4 Å². The Morgan fingerprint density at radius 1 is 1.43 bits per heavy atom. The fourth-order valence-corrected chi connectivity index (χ4v) is 1.04. The van der Waals surface area contributed by atoms with Crippen LogP contribution in [0.25, 0.3) is 0 Å². The van der Waals surface area contributed by atoms with Crippen molar-refractivity contribution in [2.75, 3.05) is 6.61 Å². The summed E-state index contributed by atoms with van der Waals surface area (Å²) in [6.07, 6.45) is -4.75. The number of aliphatic hydroxyl groups is 5. The normalized spacial score (nSPS) is 30.1. The van der Waals surface area contributed by atoms with Gasteiger partial charge in [0.05, 0.1) is 6.61 Å². The van der Waals surface area contributed by atoms with Crippen molar-refractivity contribution in [3.05, 3.63) is 11.5 Å². The van der Waals surface area contributed by atoms with E-state index in [1.165, 1.54) is 0 Å². The van der Waals surface area contributed by atoms with Crippen molar-refractivity contribution < 1.29 is 35.1 Å². The average molecular weight is 206 g/mol. The molecule has 3 atom stereocenters. The van der Waals surface area contributed by atoms with Gasteiger partial charge in [0.1, 0.15) is 6.10 Å². The fourth-order valence-electron chi connectivity index (χ4n) is 1.04. The van der Waals surface area contributed by atoms with Gasteiger partial charge in [-0.25, -0.2) is 4.79 Å². The lowest BCUT2D eigenvalue weighted by atomic mass is 10.0. The Hall–Kier alpha value is -1.31. The molecule has 0 aromatic rings. The maximum absolute atomic E-state index is 10.8. The third kappa shape index (κ3) is 1.65. The molecule has 1 aliphatic heterocycles. The van der Waals surface area contributed by atoms with Crippen molar-refractivity contribution in [2.45, 2.75) is 18.3 Å². The second-order valence-corrected chi connectivity index (χ2v) is 2.80. The first kappa shape index (κ1) is 10.8. The number of carbonyl (C=O) groups is 1. The van der Waals surface area contributed by atoms with E-state index in [0.29, 0.717) is 0 Å². The molecule has 80 valence electrons. The molecule has 3 unspecified atom stereocenters. The zero-order valence-electron chi connectivity index (χ0n) is 6.99. The van der Waals surface area contributed by atoms with Crippen molar-refractivity contribution in [1.82, 2.24) is 0 Å². The van der Waals surface area contributed by atoms with Crippen molar-refractivity contribution >= 4 is 5.97 Å². The number of ether oxygens (including phenoxy) is 1. The SMILES string of the molecule is O=C1OC(C(O)CO)C(O)C(O)=C1O. The minimum atomic E-state index is -1.74. The van der Waals surface area contributed by atoms with E-state index in [1.54, 1.807) is 0 Å². The lowest BCUT2D eigenvalue weighted by molar-refractivity contribution is -0.171. The minimum absolute atomic E-state index is 0.747. The van der Waals surface area contributed by atoms with Gasteiger partial charge in [0.2, 0.25) is 5.76 Å². The van der Waals surface area contributed by atoms with Gasteiger partial charge in [-0.15, -0.1) is 0 Å². The zero-order valence-corrected chi connectivity index (χ0v) is 6.99. The molecule has 0 saturated heterocycles. The van der Waals surface area contributed by atoms with Crippen LogP contribution in [0, 0.1) is 0 Å². The van der Waals surface area contributed by atoms with Gasteiger partial charge in [-0.05, 0) is 0 Å². The molecule has 0 aliphatic carbocycles. The fraction of sp³-hybridized carbons (Fsp3) is 0.571. The molecule has 1 heterocycles. The van der Waals surface area contributed by atoms with Crippen LogP contribution < -0.4 is 0 Å². The van der Waals surface area contributed by atoms with Gasteiger partial charge < -0.3 is 30.3 Å². The van der Waals surface area contributed by atoms with E-state index in [1.807, 2.05) is 0 Å². The van der Waals surface area contributed by atoms with Gasteiger partial charge in [0.25, 0.3) is 0 Å². The monoisotopic (exact) mass is 206 g/mol. The molecule has 0 aromatic carbocycles. The highest BCUT2D eigenvalue weighted by Gasteiger charge is 2.40. The third-order valence-electron chi connectivity index (χ3n) is 1.84. The molecule has 7 nitrogen and oxygen atoms in total. The molecule has 0 amide bonds. The molecule has 0 saturated carbocycles. The summed E-state index contributed by atoms with van der Waals surface area (Å²) in [6, 6.07) is 0. The molecule has 0 fully saturated rings. The number of carbonyl (C=O) groups excluding carboxylic acids is 1. The molecule has 0 aromatic heterocycles. The van der Waals surface area contributed by atoms with Crippen molar-refractivity contribution in [3.63, 3.8) is 0 Å². The van der Waals surface area contributed by atoms with E-state index in [4.69, 9.17) is 20.4 Å².